The van der Waals surface area contributed by atoms with Crippen LogP contribution < -0.4 is 0 Å². The normalized spacial score (nSPS) is 19.6. The van der Waals surface area contributed by atoms with Crippen LogP contribution in [0.2, 0.25) is 0 Å². The van der Waals surface area contributed by atoms with Gasteiger partial charge in [-0.05, 0) is 35.7 Å². The molecule has 1 unspecified atom stereocenters. The molecular formula is C16H16ClNO. The number of alkyl halides is 1. The predicted octanol–water partition coefficient (Wildman–Crippen LogP) is 3.68. The number of fused-ring (bicyclic) bond motifs is 1. The molecule has 0 spiro atoms. The molecule has 1 heterocycles. The number of likely N-dealkylation sites (tertiary alicyclic amines) is 1. The van der Waals surface area contributed by atoms with Crippen molar-refractivity contribution in [3.63, 3.8) is 0 Å². The van der Waals surface area contributed by atoms with Crippen LogP contribution in [-0.4, -0.2) is 29.3 Å². The van der Waals surface area contributed by atoms with Crippen molar-refractivity contribution in [3.05, 3.63) is 48.0 Å². The Labute approximate surface area is 118 Å². The lowest BCUT2D eigenvalue weighted by atomic mass is 10.0. The van der Waals surface area contributed by atoms with E-state index in [-0.39, 0.29) is 11.3 Å². The van der Waals surface area contributed by atoms with Gasteiger partial charge in [0.2, 0.25) is 0 Å². The fraction of sp³-hybridized carbons (Fsp3) is 0.312. The average Bonchev–Trinajstić information content (AvgIpc) is 2.46. The van der Waals surface area contributed by atoms with Gasteiger partial charge in [-0.2, -0.15) is 0 Å². The van der Waals surface area contributed by atoms with Crippen molar-refractivity contribution in [2.45, 2.75) is 18.2 Å². The molecule has 0 bridgehead atoms. The third-order valence-electron chi connectivity index (χ3n) is 3.65. The molecule has 19 heavy (non-hydrogen) atoms. The number of amides is 1. The van der Waals surface area contributed by atoms with E-state index in [9.17, 15) is 4.79 Å². The van der Waals surface area contributed by atoms with Gasteiger partial charge < -0.3 is 4.90 Å². The topological polar surface area (TPSA) is 20.3 Å². The van der Waals surface area contributed by atoms with Gasteiger partial charge in [-0.25, -0.2) is 0 Å². The van der Waals surface area contributed by atoms with E-state index in [0.717, 1.165) is 35.7 Å². The zero-order valence-corrected chi connectivity index (χ0v) is 11.4. The lowest BCUT2D eigenvalue weighted by Crippen LogP contribution is -2.40. The van der Waals surface area contributed by atoms with Gasteiger partial charge in [0.25, 0.3) is 5.91 Å². The van der Waals surface area contributed by atoms with E-state index in [0.29, 0.717) is 6.54 Å². The number of hydrogen-bond acceptors (Lipinski definition) is 1. The second kappa shape index (κ2) is 5.22. The third-order valence-corrected chi connectivity index (χ3v) is 4.00. The van der Waals surface area contributed by atoms with Crippen LogP contribution in [0, 0.1) is 0 Å². The largest absolute Gasteiger partial charge is 0.337 e. The van der Waals surface area contributed by atoms with Gasteiger partial charge >= 0.3 is 0 Å². The molecule has 3 heteroatoms. The van der Waals surface area contributed by atoms with Crippen LogP contribution >= 0.6 is 11.6 Å². The molecule has 2 nitrogen and oxygen atoms in total. The molecular weight excluding hydrogens is 258 g/mol. The molecule has 98 valence electrons. The third kappa shape index (κ3) is 2.59. The standard InChI is InChI=1S/C16H16ClNO/c17-15-6-3-9-18(11-15)16(19)14-8-7-12-4-1-2-5-13(12)10-14/h1-2,4-5,7-8,10,15H,3,6,9,11H2. The van der Waals surface area contributed by atoms with Crippen LogP contribution in [0.3, 0.4) is 0 Å². The average molecular weight is 274 g/mol. The Kier molecular flexibility index (Phi) is 3.43. The van der Waals surface area contributed by atoms with Gasteiger partial charge in [-0.1, -0.05) is 30.3 Å². The number of nitrogens with zero attached hydrogens (tertiary/aromatic N) is 1. The van der Waals surface area contributed by atoms with Gasteiger partial charge in [0.1, 0.15) is 0 Å². The molecule has 0 N–H and O–H groups in total. The summed E-state index contributed by atoms with van der Waals surface area (Å²) in [5.74, 6) is 0.0936. The first-order valence-corrected chi connectivity index (χ1v) is 7.10. The van der Waals surface area contributed by atoms with Crippen LogP contribution in [0.4, 0.5) is 0 Å². The Balaban J connectivity index is 1.88. The van der Waals surface area contributed by atoms with Gasteiger partial charge in [0.05, 0.1) is 5.38 Å². The predicted molar refractivity (Wildman–Crippen MR) is 78.7 cm³/mol. The monoisotopic (exact) mass is 273 g/mol. The number of benzene rings is 2. The van der Waals surface area contributed by atoms with E-state index >= 15 is 0 Å². The molecule has 0 aliphatic carbocycles. The minimum Gasteiger partial charge on any atom is -0.337 e. The summed E-state index contributed by atoms with van der Waals surface area (Å²) in [5, 5.41) is 2.36. The smallest absolute Gasteiger partial charge is 0.253 e. The van der Waals surface area contributed by atoms with E-state index < -0.39 is 0 Å². The first kappa shape index (κ1) is 12.5. The van der Waals surface area contributed by atoms with Gasteiger partial charge in [0.15, 0.2) is 0 Å². The molecule has 1 aliphatic heterocycles. The highest BCUT2D eigenvalue weighted by Gasteiger charge is 2.23. The second-order valence-corrected chi connectivity index (χ2v) is 5.67. The number of carbonyl (C=O) groups excluding carboxylic acids is 1. The summed E-state index contributed by atoms with van der Waals surface area (Å²) < 4.78 is 0. The van der Waals surface area contributed by atoms with Crippen LogP contribution in [-0.2, 0) is 0 Å². The lowest BCUT2D eigenvalue weighted by molar-refractivity contribution is 0.0727. The molecule has 2 aromatic rings. The highest BCUT2D eigenvalue weighted by molar-refractivity contribution is 6.21. The number of rotatable bonds is 1. The molecule has 1 atom stereocenters. The minimum absolute atomic E-state index is 0.0936. The minimum atomic E-state index is 0.0936. The highest BCUT2D eigenvalue weighted by Crippen LogP contribution is 2.20. The number of hydrogen-bond donors (Lipinski definition) is 0. The van der Waals surface area contributed by atoms with Crippen molar-refractivity contribution in [2.75, 3.05) is 13.1 Å². The van der Waals surface area contributed by atoms with Crippen LogP contribution in [0.15, 0.2) is 42.5 Å². The summed E-state index contributed by atoms with van der Waals surface area (Å²) in [6, 6.07) is 14.0. The highest BCUT2D eigenvalue weighted by atomic mass is 35.5. The maximum atomic E-state index is 12.5. The molecule has 0 saturated carbocycles. The maximum Gasteiger partial charge on any atom is 0.253 e. The summed E-state index contributed by atoms with van der Waals surface area (Å²) in [5.41, 5.74) is 0.754. The number of halogens is 1. The second-order valence-electron chi connectivity index (χ2n) is 5.05. The summed E-state index contributed by atoms with van der Waals surface area (Å²) in [7, 11) is 0. The molecule has 1 amide bonds. The van der Waals surface area contributed by atoms with Gasteiger partial charge in [-0.3, -0.25) is 4.79 Å². The summed E-state index contributed by atoms with van der Waals surface area (Å²) >= 11 is 6.14. The van der Waals surface area contributed by atoms with Crippen LogP contribution in [0.1, 0.15) is 23.2 Å². The Morgan fingerprint density at radius 1 is 1.16 bits per heavy atom. The van der Waals surface area contributed by atoms with Crippen molar-refractivity contribution in [1.82, 2.24) is 4.90 Å². The molecule has 3 rings (SSSR count). The molecule has 1 saturated heterocycles. The Hall–Kier alpha value is -1.54. The van der Waals surface area contributed by atoms with E-state index in [1.165, 1.54) is 0 Å². The van der Waals surface area contributed by atoms with E-state index in [1.807, 2.05) is 41.3 Å². The zero-order valence-electron chi connectivity index (χ0n) is 10.7. The molecule has 1 fully saturated rings. The van der Waals surface area contributed by atoms with Crippen molar-refractivity contribution in [3.8, 4) is 0 Å². The van der Waals surface area contributed by atoms with Crippen molar-refractivity contribution in [2.24, 2.45) is 0 Å². The zero-order chi connectivity index (χ0) is 13.2. The first-order valence-electron chi connectivity index (χ1n) is 6.66. The Morgan fingerprint density at radius 3 is 2.74 bits per heavy atom. The Morgan fingerprint density at radius 2 is 1.95 bits per heavy atom. The van der Waals surface area contributed by atoms with Crippen molar-refractivity contribution >= 4 is 28.3 Å². The summed E-state index contributed by atoms with van der Waals surface area (Å²) in [6.07, 6.45) is 2.00. The molecule has 2 aromatic carbocycles. The van der Waals surface area contributed by atoms with Crippen molar-refractivity contribution < 1.29 is 4.79 Å². The fourth-order valence-corrected chi connectivity index (χ4v) is 2.94. The Bertz CT molecular complexity index is 610. The summed E-state index contributed by atoms with van der Waals surface area (Å²) in [6.45, 7) is 1.47. The van der Waals surface area contributed by atoms with Gasteiger partial charge in [-0.15, -0.1) is 11.6 Å². The molecule has 0 radical (unpaired) electrons. The SMILES string of the molecule is O=C(c1ccc2ccccc2c1)N1CCCC(Cl)C1. The van der Waals surface area contributed by atoms with E-state index in [4.69, 9.17) is 11.6 Å². The molecule has 0 aromatic heterocycles. The van der Waals surface area contributed by atoms with E-state index in [2.05, 4.69) is 6.07 Å². The quantitative estimate of drug-likeness (QED) is 0.726. The summed E-state index contributed by atoms with van der Waals surface area (Å²) in [4.78, 5) is 14.3. The van der Waals surface area contributed by atoms with Crippen molar-refractivity contribution in [1.29, 1.82) is 0 Å². The fourth-order valence-electron chi connectivity index (χ4n) is 2.61. The number of piperidine rings is 1. The maximum absolute atomic E-state index is 12.5. The molecule has 1 aliphatic rings. The number of carbonyl (C=O) groups is 1. The van der Waals surface area contributed by atoms with Crippen LogP contribution in [0.5, 0.6) is 0 Å². The lowest BCUT2D eigenvalue weighted by Gasteiger charge is -2.29. The van der Waals surface area contributed by atoms with Crippen LogP contribution in [0.25, 0.3) is 10.8 Å². The van der Waals surface area contributed by atoms with Gasteiger partial charge in [0, 0.05) is 18.7 Å². The van der Waals surface area contributed by atoms with E-state index in [1.54, 1.807) is 0 Å². The first-order chi connectivity index (χ1) is 9.24.